The van der Waals surface area contributed by atoms with Gasteiger partial charge >= 0.3 is 0 Å². The highest BCUT2D eigenvalue weighted by Gasteiger charge is 1.83. The van der Waals surface area contributed by atoms with Crippen LogP contribution in [0.2, 0.25) is 0 Å². The highest BCUT2D eigenvalue weighted by Crippen LogP contribution is 1.86. The van der Waals surface area contributed by atoms with Crippen LogP contribution in [0.15, 0.2) is 12.4 Å². The monoisotopic (exact) mass is 97.1 g/mol. The highest BCUT2D eigenvalue weighted by atomic mass is 15.0. The molecule has 2 nitrogen and oxygen atoms in total. The standard InChI is InChI=1S/C5H8N2/c1-5-6-3-4-7(5)2/h3-4H,1-2H3/i1D. The van der Waals surface area contributed by atoms with Gasteiger partial charge in [-0.25, -0.2) is 4.98 Å². The van der Waals surface area contributed by atoms with Crippen molar-refractivity contribution in [3.8, 4) is 0 Å². The Labute approximate surface area is 44.2 Å². The Morgan fingerprint density at radius 2 is 2.86 bits per heavy atom. The van der Waals surface area contributed by atoms with E-state index in [2.05, 4.69) is 4.98 Å². The number of aromatic nitrogens is 2. The zero-order chi connectivity index (χ0) is 5.98. The van der Waals surface area contributed by atoms with Gasteiger partial charge in [0.25, 0.3) is 0 Å². The maximum atomic E-state index is 6.92. The molecule has 1 aromatic rings. The van der Waals surface area contributed by atoms with E-state index in [0.29, 0.717) is 0 Å². The molecule has 0 aliphatic rings. The average molecular weight is 97.1 g/mol. The van der Waals surface area contributed by atoms with Crippen LogP contribution in [0.3, 0.4) is 0 Å². The maximum Gasteiger partial charge on any atom is 0.105 e. The van der Waals surface area contributed by atoms with Crippen LogP contribution in [0.5, 0.6) is 0 Å². The van der Waals surface area contributed by atoms with Gasteiger partial charge in [0.05, 0.1) is 0 Å². The molecule has 0 saturated heterocycles. The van der Waals surface area contributed by atoms with Crippen molar-refractivity contribution in [2.45, 2.75) is 6.90 Å². The van der Waals surface area contributed by atoms with Gasteiger partial charge in [-0.2, -0.15) is 0 Å². The van der Waals surface area contributed by atoms with Gasteiger partial charge in [0.15, 0.2) is 0 Å². The Bertz CT molecular complexity index is 171. The molecule has 1 aromatic heterocycles. The van der Waals surface area contributed by atoms with Crippen LogP contribution < -0.4 is 0 Å². The van der Waals surface area contributed by atoms with Crippen molar-refractivity contribution in [1.82, 2.24) is 9.55 Å². The third-order valence-corrected chi connectivity index (χ3v) is 0.921. The maximum absolute atomic E-state index is 6.92. The summed E-state index contributed by atoms with van der Waals surface area (Å²) in [6.07, 6.45) is 3.54. The highest BCUT2D eigenvalue weighted by molar-refractivity contribution is 4.85. The Hall–Kier alpha value is -0.790. The second-order valence-corrected chi connectivity index (χ2v) is 1.45. The number of nitrogens with zero attached hydrogens (tertiary/aromatic N) is 2. The van der Waals surface area contributed by atoms with Crippen LogP contribution >= 0.6 is 0 Å². The molecule has 0 amide bonds. The molecule has 0 bridgehead atoms. The molecule has 2 heteroatoms. The van der Waals surface area contributed by atoms with E-state index >= 15 is 0 Å². The van der Waals surface area contributed by atoms with Gasteiger partial charge in [0.1, 0.15) is 5.82 Å². The van der Waals surface area contributed by atoms with E-state index < -0.39 is 0 Å². The van der Waals surface area contributed by atoms with E-state index in [1.807, 2.05) is 17.8 Å². The summed E-state index contributed by atoms with van der Waals surface area (Å²) in [7, 11) is 1.89. The fourth-order valence-electron chi connectivity index (χ4n) is 0.396. The first kappa shape index (κ1) is 3.24. The molecule has 0 unspecified atom stereocenters. The normalized spacial score (nSPS) is 11.3. The molecule has 0 spiro atoms. The van der Waals surface area contributed by atoms with Gasteiger partial charge in [0.2, 0.25) is 0 Å². The summed E-state index contributed by atoms with van der Waals surface area (Å²) in [5.41, 5.74) is 0. The smallest absolute Gasteiger partial charge is 0.105 e. The summed E-state index contributed by atoms with van der Waals surface area (Å²) in [4.78, 5) is 3.91. The lowest BCUT2D eigenvalue weighted by molar-refractivity contribution is 0.858. The zero-order valence-electron chi connectivity index (χ0n) is 5.26. The first-order valence-electron chi connectivity index (χ1n) is 2.80. The molecule has 0 aliphatic carbocycles. The van der Waals surface area contributed by atoms with E-state index in [-0.39, 0.29) is 6.90 Å². The van der Waals surface area contributed by atoms with Gasteiger partial charge < -0.3 is 4.57 Å². The summed E-state index contributed by atoms with van der Waals surface area (Å²) in [5.74, 6) is 0.810. The van der Waals surface area contributed by atoms with Gasteiger partial charge in [-0.05, 0) is 6.90 Å². The topological polar surface area (TPSA) is 17.8 Å². The van der Waals surface area contributed by atoms with Crippen molar-refractivity contribution in [2.75, 3.05) is 0 Å². The Balaban J connectivity index is 2.92. The van der Waals surface area contributed by atoms with Crippen LogP contribution in [0.4, 0.5) is 0 Å². The van der Waals surface area contributed by atoms with Gasteiger partial charge in [-0.1, -0.05) is 0 Å². The van der Waals surface area contributed by atoms with E-state index in [0.717, 1.165) is 5.82 Å². The van der Waals surface area contributed by atoms with Crippen molar-refractivity contribution in [1.29, 1.82) is 0 Å². The third kappa shape index (κ3) is 0.633. The van der Waals surface area contributed by atoms with E-state index in [9.17, 15) is 0 Å². The minimum Gasteiger partial charge on any atom is -0.338 e. The summed E-state index contributed by atoms with van der Waals surface area (Å²) < 4.78 is 8.76. The number of imidazole rings is 1. The Morgan fingerprint density at radius 1 is 2.00 bits per heavy atom. The number of hydrogen-bond acceptors (Lipinski definition) is 1. The van der Waals surface area contributed by atoms with Gasteiger partial charge in [0, 0.05) is 20.8 Å². The molecular formula is C5H8N2. The molecule has 7 heavy (non-hydrogen) atoms. The predicted octanol–water partition coefficient (Wildman–Crippen LogP) is 0.729. The second kappa shape index (κ2) is 1.37. The molecule has 0 radical (unpaired) electrons. The molecule has 0 fully saturated rings. The van der Waals surface area contributed by atoms with Crippen molar-refractivity contribution in [2.24, 2.45) is 7.05 Å². The zero-order valence-corrected chi connectivity index (χ0v) is 4.26. The lowest BCUT2D eigenvalue weighted by atomic mass is 10.7. The van der Waals surface area contributed by atoms with Crippen LogP contribution in [0.1, 0.15) is 7.20 Å². The number of rotatable bonds is 0. The van der Waals surface area contributed by atoms with Crippen molar-refractivity contribution < 1.29 is 1.37 Å². The second-order valence-electron chi connectivity index (χ2n) is 1.45. The first-order chi connectivity index (χ1) is 3.84. The van der Waals surface area contributed by atoms with E-state index in [1.54, 1.807) is 6.20 Å². The summed E-state index contributed by atoms with van der Waals surface area (Å²) >= 11 is 0. The minimum atomic E-state index is 0.267. The number of hydrogen-bond donors (Lipinski definition) is 0. The summed E-state index contributed by atoms with van der Waals surface area (Å²) in [6.45, 7) is 0.267. The van der Waals surface area contributed by atoms with Crippen LogP contribution in [0.25, 0.3) is 0 Å². The lowest BCUT2D eigenvalue weighted by Crippen LogP contribution is -1.86. The molecule has 0 atom stereocenters. The fourth-order valence-corrected chi connectivity index (χ4v) is 0.396. The van der Waals surface area contributed by atoms with Crippen molar-refractivity contribution in [3.63, 3.8) is 0 Å². The lowest BCUT2D eigenvalue weighted by Gasteiger charge is -1.87. The Kier molecular flexibility index (Phi) is 0.635. The SMILES string of the molecule is [2H]Cc1nccn1C. The molecule has 0 N–H and O–H groups in total. The molecule has 0 aliphatic heterocycles. The summed E-state index contributed by atoms with van der Waals surface area (Å²) in [6, 6.07) is 0. The van der Waals surface area contributed by atoms with Crippen molar-refractivity contribution >= 4 is 0 Å². The summed E-state index contributed by atoms with van der Waals surface area (Å²) in [5, 5.41) is 0. The minimum absolute atomic E-state index is 0.267. The quantitative estimate of drug-likeness (QED) is 0.466. The molecule has 0 saturated carbocycles. The Morgan fingerprint density at radius 3 is 3.14 bits per heavy atom. The van der Waals surface area contributed by atoms with Crippen LogP contribution in [-0.2, 0) is 7.05 Å². The molecule has 0 aromatic carbocycles. The van der Waals surface area contributed by atoms with E-state index in [1.165, 1.54) is 0 Å². The predicted molar refractivity (Wildman–Crippen MR) is 27.9 cm³/mol. The van der Waals surface area contributed by atoms with E-state index in [4.69, 9.17) is 1.37 Å². The van der Waals surface area contributed by atoms with Crippen molar-refractivity contribution in [3.05, 3.63) is 18.2 Å². The van der Waals surface area contributed by atoms with Gasteiger partial charge in [-0.15, -0.1) is 0 Å². The number of aryl methyl sites for hydroxylation is 2. The average Bonchev–Trinajstić information content (AvgIpc) is 2.14. The van der Waals surface area contributed by atoms with Crippen LogP contribution in [0, 0.1) is 6.90 Å². The molecule has 38 valence electrons. The largest absolute Gasteiger partial charge is 0.338 e. The molecule has 1 heterocycles. The molecule has 1 rings (SSSR count). The fraction of sp³-hybridized carbons (Fsp3) is 0.400. The van der Waals surface area contributed by atoms with Gasteiger partial charge in [-0.3, -0.25) is 0 Å². The van der Waals surface area contributed by atoms with Crippen LogP contribution in [-0.4, -0.2) is 9.55 Å². The first-order valence-corrected chi connectivity index (χ1v) is 2.10. The third-order valence-electron chi connectivity index (χ3n) is 0.921. The molecular weight excluding hydrogens is 88.1 g/mol.